The first-order chi connectivity index (χ1) is 10.7. The molecule has 1 aliphatic rings. The molecule has 130 valence electrons. The van der Waals surface area contributed by atoms with Crippen molar-refractivity contribution in [3.63, 3.8) is 0 Å². The number of hydrazine groups is 2. The lowest BCUT2D eigenvalue weighted by Gasteiger charge is -2.36. The first kappa shape index (κ1) is 19.3. The standard InChI is InChI=1S/C18H38N4/c1-4-6-7-8-9-10-11-12-13-14-15-16-18(3,5-2)22-17-19-20-21-22/h17,20-21H,4-16H2,1-3H3. The van der Waals surface area contributed by atoms with E-state index in [1.54, 1.807) is 0 Å². The molecule has 0 saturated carbocycles. The second kappa shape index (κ2) is 11.8. The summed E-state index contributed by atoms with van der Waals surface area (Å²) in [6, 6.07) is 0. The lowest BCUT2D eigenvalue weighted by molar-refractivity contribution is 0.115. The van der Waals surface area contributed by atoms with Gasteiger partial charge in [0.1, 0.15) is 6.34 Å². The van der Waals surface area contributed by atoms with Crippen molar-refractivity contribution in [2.75, 3.05) is 0 Å². The molecule has 0 aromatic rings. The molecule has 0 radical (unpaired) electrons. The summed E-state index contributed by atoms with van der Waals surface area (Å²) in [5.41, 5.74) is 6.07. The van der Waals surface area contributed by atoms with E-state index in [-0.39, 0.29) is 5.54 Å². The average Bonchev–Trinajstić information content (AvgIpc) is 3.07. The molecule has 1 unspecified atom stereocenters. The Morgan fingerprint density at radius 3 is 1.86 bits per heavy atom. The van der Waals surface area contributed by atoms with Crippen LogP contribution in [0.2, 0.25) is 0 Å². The number of hydrogen-bond acceptors (Lipinski definition) is 4. The highest BCUT2D eigenvalue weighted by molar-refractivity contribution is 5.56. The van der Waals surface area contributed by atoms with Crippen LogP contribution in [0.15, 0.2) is 5.10 Å². The second-order valence-electron chi connectivity index (χ2n) is 6.97. The lowest BCUT2D eigenvalue weighted by atomic mass is 9.90. The molecule has 1 rings (SSSR count). The van der Waals surface area contributed by atoms with Gasteiger partial charge in [0.25, 0.3) is 0 Å². The van der Waals surface area contributed by atoms with Crippen LogP contribution in [0.4, 0.5) is 0 Å². The summed E-state index contributed by atoms with van der Waals surface area (Å²) in [6.07, 6.45) is 19.7. The molecule has 2 N–H and O–H groups in total. The summed E-state index contributed by atoms with van der Waals surface area (Å²) in [7, 11) is 0. The molecule has 4 heteroatoms. The summed E-state index contributed by atoms with van der Waals surface area (Å²) in [5, 5.41) is 6.14. The van der Waals surface area contributed by atoms with Crippen LogP contribution in [-0.4, -0.2) is 16.9 Å². The normalized spacial score (nSPS) is 16.8. The highest BCUT2D eigenvalue weighted by Gasteiger charge is 2.29. The number of nitrogens with zero attached hydrogens (tertiary/aromatic N) is 2. The van der Waals surface area contributed by atoms with Crippen molar-refractivity contribution in [2.24, 2.45) is 5.10 Å². The zero-order valence-electron chi connectivity index (χ0n) is 15.2. The molecule has 4 nitrogen and oxygen atoms in total. The smallest absolute Gasteiger partial charge is 0.129 e. The first-order valence-electron chi connectivity index (χ1n) is 9.56. The largest absolute Gasteiger partial charge is 0.272 e. The second-order valence-corrected chi connectivity index (χ2v) is 6.97. The summed E-state index contributed by atoms with van der Waals surface area (Å²) < 4.78 is 0. The van der Waals surface area contributed by atoms with Gasteiger partial charge in [-0.2, -0.15) is 5.10 Å². The summed E-state index contributed by atoms with van der Waals surface area (Å²) in [5.74, 6) is 0. The Morgan fingerprint density at radius 1 is 0.864 bits per heavy atom. The zero-order valence-corrected chi connectivity index (χ0v) is 15.2. The molecule has 0 aromatic carbocycles. The predicted molar refractivity (Wildman–Crippen MR) is 96.4 cm³/mol. The van der Waals surface area contributed by atoms with Crippen LogP contribution >= 0.6 is 0 Å². The molecule has 22 heavy (non-hydrogen) atoms. The van der Waals surface area contributed by atoms with Crippen molar-refractivity contribution in [3.8, 4) is 0 Å². The summed E-state index contributed by atoms with van der Waals surface area (Å²) in [4.78, 5) is 0. The van der Waals surface area contributed by atoms with Gasteiger partial charge in [0.05, 0.1) is 5.54 Å². The average molecular weight is 311 g/mol. The van der Waals surface area contributed by atoms with Gasteiger partial charge in [-0.15, -0.1) is 5.53 Å². The third-order valence-electron chi connectivity index (χ3n) is 5.07. The Morgan fingerprint density at radius 2 is 1.41 bits per heavy atom. The monoisotopic (exact) mass is 310 g/mol. The predicted octanol–water partition coefficient (Wildman–Crippen LogP) is 5.12. The summed E-state index contributed by atoms with van der Waals surface area (Å²) >= 11 is 0. The van der Waals surface area contributed by atoms with Crippen molar-refractivity contribution >= 4 is 6.34 Å². The molecule has 1 atom stereocenters. The fourth-order valence-corrected chi connectivity index (χ4v) is 3.11. The van der Waals surface area contributed by atoms with E-state index in [9.17, 15) is 0 Å². The minimum atomic E-state index is 0.173. The Hall–Kier alpha value is -0.770. The van der Waals surface area contributed by atoms with Crippen molar-refractivity contribution in [1.29, 1.82) is 0 Å². The van der Waals surface area contributed by atoms with Gasteiger partial charge in [-0.25, -0.2) is 5.53 Å². The fraction of sp³-hybridized carbons (Fsp3) is 0.944. The highest BCUT2D eigenvalue weighted by atomic mass is 15.8. The van der Waals surface area contributed by atoms with E-state index >= 15 is 0 Å². The van der Waals surface area contributed by atoms with Crippen LogP contribution in [0.1, 0.15) is 104 Å². The van der Waals surface area contributed by atoms with Gasteiger partial charge in [0, 0.05) is 0 Å². The highest BCUT2D eigenvalue weighted by Crippen LogP contribution is 2.25. The number of unbranched alkanes of at least 4 members (excludes halogenated alkanes) is 10. The quantitative estimate of drug-likeness (QED) is 0.437. The molecule has 0 aliphatic carbocycles. The van der Waals surface area contributed by atoms with Crippen LogP contribution in [0.3, 0.4) is 0 Å². The van der Waals surface area contributed by atoms with Gasteiger partial charge in [0.15, 0.2) is 0 Å². The van der Waals surface area contributed by atoms with Gasteiger partial charge >= 0.3 is 0 Å². The number of hydrazone groups is 1. The van der Waals surface area contributed by atoms with Crippen molar-refractivity contribution in [3.05, 3.63) is 0 Å². The molecule has 0 bridgehead atoms. The van der Waals surface area contributed by atoms with Gasteiger partial charge in [-0.05, 0) is 19.8 Å². The molecule has 1 heterocycles. The molecular formula is C18H38N4. The van der Waals surface area contributed by atoms with Gasteiger partial charge in [-0.3, -0.25) is 5.01 Å². The third kappa shape index (κ3) is 7.48. The van der Waals surface area contributed by atoms with Gasteiger partial charge in [-0.1, -0.05) is 84.5 Å². The molecule has 0 saturated heterocycles. The van der Waals surface area contributed by atoms with Crippen LogP contribution < -0.4 is 11.1 Å². The zero-order chi connectivity index (χ0) is 16.1. The fourth-order valence-electron chi connectivity index (χ4n) is 3.11. The minimum Gasteiger partial charge on any atom is -0.272 e. The van der Waals surface area contributed by atoms with Gasteiger partial charge < -0.3 is 0 Å². The van der Waals surface area contributed by atoms with Crippen molar-refractivity contribution < 1.29 is 0 Å². The van der Waals surface area contributed by atoms with Gasteiger partial charge in [0.2, 0.25) is 0 Å². The maximum absolute atomic E-state index is 4.02. The number of rotatable bonds is 14. The van der Waals surface area contributed by atoms with Crippen LogP contribution in [-0.2, 0) is 0 Å². The van der Waals surface area contributed by atoms with E-state index in [0.717, 1.165) is 6.42 Å². The Balaban J connectivity index is 1.95. The van der Waals surface area contributed by atoms with Crippen molar-refractivity contribution in [2.45, 2.75) is 110 Å². The van der Waals surface area contributed by atoms with E-state index in [1.165, 1.54) is 77.0 Å². The molecule has 0 spiro atoms. The molecule has 0 amide bonds. The van der Waals surface area contributed by atoms with Crippen LogP contribution in [0.5, 0.6) is 0 Å². The van der Waals surface area contributed by atoms with E-state index < -0.39 is 0 Å². The number of nitrogens with one attached hydrogen (secondary N) is 2. The third-order valence-corrected chi connectivity index (χ3v) is 5.07. The lowest BCUT2D eigenvalue weighted by Crippen LogP contribution is -2.52. The number of hydrogen-bond donors (Lipinski definition) is 2. The maximum Gasteiger partial charge on any atom is 0.129 e. The van der Waals surface area contributed by atoms with E-state index in [1.807, 2.05) is 6.34 Å². The van der Waals surface area contributed by atoms with Crippen LogP contribution in [0, 0.1) is 0 Å². The Kier molecular flexibility index (Phi) is 10.3. The topological polar surface area (TPSA) is 39.7 Å². The molecule has 1 aliphatic heterocycles. The minimum absolute atomic E-state index is 0.173. The molecule has 0 aromatic heterocycles. The van der Waals surface area contributed by atoms with Crippen molar-refractivity contribution in [1.82, 2.24) is 16.1 Å². The van der Waals surface area contributed by atoms with E-state index in [4.69, 9.17) is 0 Å². The molecular weight excluding hydrogens is 272 g/mol. The maximum atomic E-state index is 4.02. The Bertz CT molecular complexity index is 293. The Labute approximate surface area is 138 Å². The molecule has 0 fully saturated rings. The van der Waals surface area contributed by atoms with E-state index in [2.05, 4.69) is 42.0 Å². The SMILES string of the molecule is CCCCCCCCCCCCCC(C)(CC)N1C=NNN1. The summed E-state index contributed by atoms with van der Waals surface area (Å²) in [6.45, 7) is 6.86. The van der Waals surface area contributed by atoms with E-state index in [0.29, 0.717) is 0 Å². The van der Waals surface area contributed by atoms with Crippen LogP contribution in [0.25, 0.3) is 0 Å². The first-order valence-corrected chi connectivity index (χ1v) is 9.56.